The van der Waals surface area contributed by atoms with Crippen molar-refractivity contribution in [3.8, 4) is 0 Å². The SMILES string of the molecule is O=C(CCCCCBr)NCCC(=O)OCc1ccccc1. The van der Waals surface area contributed by atoms with E-state index in [1.165, 1.54) is 0 Å². The van der Waals surface area contributed by atoms with Crippen LogP contribution in [0.15, 0.2) is 30.3 Å². The summed E-state index contributed by atoms with van der Waals surface area (Å²) >= 11 is 3.35. The van der Waals surface area contributed by atoms with Crippen molar-refractivity contribution in [2.45, 2.75) is 38.7 Å². The van der Waals surface area contributed by atoms with Crippen LogP contribution in [0.25, 0.3) is 0 Å². The van der Waals surface area contributed by atoms with Crippen molar-refractivity contribution in [2.24, 2.45) is 0 Å². The molecule has 21 heavy (non-hydrogen) atoms. The van der Waals surface area contributed by atoms with Gasteiger partial charge in [0, 0.05) is 18.3 Å². The fourth-order valence-corrected chi connectivity index (χ4v) is 2.16. The zero-order valence-corrected chi connectivity index (χ0v) is 13.7. The van der Waals surface area contributed by atoms with Gasteiger partial charge in [-0.2, -0.15) is 0 Å². The summed E-state index contributed by atoms with van der Waals surface area (Å²) in [7, 11) is 0. The number of alkyl halides is 1. The average Bonchev–Trinajstić information content (AvgIpc) is 2.50. The maximum atomic E-state index is 11.5. The summed E-state index contributed by atoms with van der Waals surface area (Å²) in [4.78, 5) is 23.0. The van der Waals surface area contributed by atoms with E-state index in [1.807, 2.05) is 30.3 Å². The van der Waals surface area contributed by atoms with Crippen LogP contribution in [0.5, 0.6) is 0 Å². The van der Waals surface area contributed by atoms with E-state index in [0.29, 0.717) is 13.0 Å². The largest absolute Gasteiger partial charge is 0.461 e. The van der Waals surface area contributed by atoms with Gasteiger partial charge in [0.15, 0.2) is 0 Å². The molecule has 1 aromatic rings. The van der Waals surface area contributed by atoms with Gasteiger partial charge in [-0.25, -0.2) is 0 Å². The second kappa shape index (κ2) is 11.3. The molecule has 0 unspecified atom stereocenters. The van der Waals surface area contributed by atoms with Crippen LogP contribution in [0.3, 0.4) is 0 Å². The Morgan fingerprint density at radius 2 is 1.81 bits per heavy atom. The van der Waals surface area contributed by atoms with E-state index in [2.05, 4.69) is 21.2 Å². The highest BCUT2D eigenvalue weighted by atomic mass is 79.9. The third kappa shape index (κ3) is 9.24. The van der Waals surface area contributed by atoms with Crippen LogP contribution in [0, 0.1) is 0 Å². The molecule has 0 radical (unpaired) electrons. The first-order valence-electron chi connectivity index (χ1n) is 7.24. The molecule has 0 saturated carbocycles. The molecule has 1 N–H and O–H groups in total. The Labute approximate surface area is 134 Å². The Hall–Kier alpha value is -1.36. The molecule has 0 saturated heterocycles. The maximum absolute atomic E-state index is 11.5. The Balaban J connectivity index is 2.04. The van der Waals surface area contributed by atoms with Crippen LogP contribution in [0.1, 0.15) is 37.7 Å². The van der Waals surface area contributed by atoms with Gasteiger partial charge in [0.1, 0.15) is 6.61 Å². The van der Waals surface area contributed by atoms with Gasteiger partial charge in [-0.1, -0.05) is 52.7 Å². The van der Waals surface area contributed by atoms with E-state index in [9.17, 15) is 9.59 Å². The molecule has 0 aliphatic heterocycles. The average molecular weight is 356 g/mol. The van der Waals surface area contributed by atoms with Gasteiger partial charge >= 0.3 is 5.97 Å². The van der Waals surface area contributed by atoms with E-state index in [0.717, 1.165) is 30.2 Å². The van der Waals surface area contributed by atoms with Gasteiger partial charge < -0.3 is 10.1 Å². The lowest BCUT2D eigenvalue weighted by Crippen LogP contribution is -2.26. The predicted octanol–water partition coefficient (Wildman–Crippen LogP) is 3.19. The number of benzene rings is 1. The third-order valence-electron chi connectivity index (χ3n) is 2.93. The Morgan fingerprint density at radius 1 is 1.05 bits per heavy atom. The summed E-state index contributed by atoms with van der Waals surface area (Å²) in [6.07, 6.45) is 3.73. The Morgan fingerprint density at radius 3 is 2.52 bits per heavy atom. The van der Waals surface area contributed by atoms with Crippen molar-refractivity contribution in [3.05, 3.63) is 35.9 Å². The lowest BCUT2D eigenvalue weighted by atomic mass is 10.2. The number of hydrogen-bond acceptors (Lipinski definition) is 3. The molecule has 1 rings (SSSR count). The first-order chi connectivity index (χ1) is 10.2. The summed E-state index contributed by atoms with van der Waals surface area (Å²) in [6, 6.07) is 9.53. The standard InChI is InChI=1S/C16H22BrNO3/c17-11-6-2-5-9-15(19)18-12-10-16(20)21-13-14-7-3-1-4-8-14/h1,3-4,7-8H,2,5-6,9-13H2,(H,18,19). The van der Waals surface area contributed by atoms with E-state index in [1.54, 1.807) is 0 Å². The first-order valence-corrected chi connectivity index (χ1v) is 8.36. The molecule has 0 aliphatic carbocycles. The minimum absolute atomic E-state index is 0.000400. The van der Waals surface area contributed by atoms with Crippen LogP contribution in [-0.4, -0.2) is 23.8 Å². The molecular weight excluding hydrogens is 334 g/mol. The number of hydrogen-bond donors (Lipinski definition) is 1. The molecule has 4 nitrogen and oxygen atoms in total. The summed E-state index contributed by atoms with van der Waals surface area (Å²) < 4.78 is 5.13. The van der Waals surface area contributed by atoms with E-state index in [-0.39, 0.29) is 24.9 Å². The molecular formula is C16H22BrNO3. The zero-order valence-electron chi connectivity index (χ0n) is 12.1. The van der Waals surface area contributed by atoms with E-state index >= 15 is 0 Å². The highest BCUT2D eigenvalue weighted by Crippen LogP contribution is 2.03. The molecule has 0 aromatic heterocycles. The predicted molar refractivity (Wildman–Crippen MR) is 86.1 cm³/mol. The number of halogens is 1. The maximum Gasteiger partial charge on any atom is 0.307 e. The fourth-order valence-electron chi connectivity index (χ4n) is 1.76. The minimum atomic E-state index is -0.293. The normalized spacial score (nSPS) is 10.1. The van der Waals surface area contributed by atoms with Crippen molar-refractivity contribution in [1.29, 1.82) is 0 Å². The van der Waals surface area contributed by atoms with Crippen LogP contribution in [-0.2, 0) is 20.9 Å². The molecule has 0 fully saturated rings. The summed E-state index contributed by atoms with van der Waals surface area (Å²) in [6.45, 7) is 0.616. The smallest absolute Gasteiger partial charge is 0.307 e. The van der Waals surface area contributed by atoms with Crippen molar-refractivity contribution in [3.63, 3.8) is 0 Å². The van der Waals surface area contributed by atoms with E-state index in [4.69, 9.17) is 4.74 Å². The topological polar surface area (TPSA) is 55.4 Å². The van der Waals surface area contributed by atoms with Gasteiger partial charge in [0.05, 0.1) is 6.42 Å². The number of amides is 1. The van der Waals surface area contributed by atoms with E-state index < -0.39 is 0 Å². The number of rotatable bonds is 10. The molecule has 0 bridgehead atoms. The highest BCUT2D eigenvalue weighted by Gasteiger charge is 2.05. The quantitative estimate of drug-likeness (QED) is 0.398. The number of carbonyl (C=O) groups excluding carboxylic acids is 2. The van der Waals surface area contributed by atoms with Gasteiger partial charge in [0.2, 0.25) is 5.91 Å². The molecule has 0 heterocycles. The molecule has 0 atom stereocenters. The Bertz CT molecular complexity index is 423. The summed E-state index contributed by atoms with van der Waals surface area (Å²) in [5.41, 5.74) is 0.960. The summed E-state index contributed by atoms with van der Waals surface area (Å²) in [5.74, 6) is -0.293. The highest BCUT2D eigenvalue weighted by molar-refractivity contribution is 9.09. The van der Waals surface area contributed by atoms with Crippen molar-refractivity contribution in [2.75, 3.05) is 11.9 Å². The number of carbonyl (C=O) groups is 2. The lowest BCUT2D eigenvalue weighted by molar-refractivity contribution is -0.144. The van der Waals surface area contributed by atoms with Gasteiger partial charge in [-0.15, -0.1) is 0 Å². The second-order valence-corrected chi connectivity index (χ2v) is 5.54. The van der Waals surface area contributed by atoms with Crippen LogP contribution in [0.4, 0.5) is 0 Å². The molecule has 5 heteroatoms. The van der Waals surface area contributed by atoms with Crippen molar-refractivity contribution in [1.82, 2.24) is 5.32 Å². The number of unbranched alkanes of at least 4 members (excludes halogenated alkanes) is 2. The molecule has 0 aliphatic rings. The van der Waals surface area contributed by atoms with Crippen LogP contribution < -0.4 is 5.32 Å². The number of ether oxygens (including phenoxy) is 1. The third-order valence-corrected chi connectivity index (χ3v) is 3.49. The van der Waals surface area contributed by atoms with Crippen LogP contribution >= 0.6 is 15.9 Å². The van der Waals surface area contributed by atoms with Gasteiger partial charge in [0.25, 0.3) is 0 Å². The second-order valence-electron chi connectivity index (χ2n) is 4.75. The lowest BCUT2D eigenvalue weighted by Gasteiger charge is -2.06. The van der Waals surface area contributed by atoms with Crippen LogP contribution in [0.2, 0.25) is 0 Å². The van der Waals surface area contributed by atoms with Crippen molar-refractivity contribution < 1.29 is 14.3 Å². The first kappa shape index (κ1) is 17.7. The Kier molecular flexibility index (Phi) is 9.53. The monoisotopic (exact) mass is 355 g/mol. The minimum Gasteiger partial charge on any atom is -0.461 e. The molecule has 116 valence electrons. The summed E-state index contributed by atoms with van der Waals surface area (Å²) in [5, 5.41) is 3.71. The molecule has 1 aromatic carbocycles. The van der Waals surface area contributed by atoms with Gasteiger partial charge in [-0.05, 0) is 18.4 Å². The number of nitrogens with one attached hydrogen (secondary N) is 1. The molecule has 0 spiro atoms. The molecule has 1 amide bonds. The number of esters is 1. The zero-order chi connectivity index (χ0) is 15.3. The van der Waals surface area contributed by atoms with Gasteiger partial charge in [-0.3, -0.25) is 9.59 Å². The van der Waals surface area contributed by atoms with Crippen molar-refractivity contribution >= 4 is 27.8 Å². The fraction of sp³-hybridized carbons (Fsp3) is 0.500.